The van der Waals surface area contributed by atoms with Crippen molar-refractivity contribution in [3.05, 3.63) is 36.3 Å². The van der Waals surface area contributed by atoms with Crippen LogP contribution in [0.4, 0.5) is 0 Å². The summed E-state index contributed by atoms with van der Waals surface area (Å²) in [5.41, 5.74) is 2.09. The lowest BCUT2D eigenvalue weighted by Crippen LogP contribution is -2.40. The topological polar surface area (TPSA) is 53.7 Å². The van der Waals surface area contributed by atoms with E-state index in [0.717, 1.165) is 36.8 Å². The predicted octanol–water partition coefficient (Wildman–Crippen LogP) is 2.48. The molecule has 0 unspecified atom stereocenters. The Morgan fingerprint density at radius 1 is 1.27 bits per heavy atom. The van der Waals surface area contributed by atoms with E-state index in [9.17, 15) is 0 Å². The number of nitrogens with zero attached hydrogens (tertiary/aromatic N) is 3. The smallest absolute Gasteiger partial charge is 0.190 e. The van der Waals surface area contributed by atoms with Gasteiger partial charge in [-0.05, 0) is 18.1 Å². The molecule has 2 heterocycles. The van der Waals surface area contributed by atoms with Gasteiger partial charge in [-0.15, -0.1) is 0 Å². The summed E-state index contributed by atoms with van der Waals surface area (Å²) < 4.78 is 2.05. The van der Waals surface area contributed by atoms with Gasteiger partial charge in [0.1, 0.15) is 5.65 Å². The molecule has 0 spiro atoms. The van der Waals surface area contributed by atoms with Crippen LogP contribution in [-0.2, 0) is 6.42 Å². The molecule has 5 nitrogen and oxygen atoms in total. The average Bonchev–Trinajstić information content (AvgIpc) is 2.96. The molecule has 22 heavy (non-hydrogen) atoms. The van der Waals surface area contributed by atoms with Gasteiger partial charge in [0, 0.05) is 39.0 Å². The highest BCUT2D eigenvalue weighted by molar-refractivity contribution is 5.79. The fourth-order valence-electron chi connectivity index (χ4n) is 2.46. The first-order valence-electron chi connectivity index (χ1n) is 8.14. The molecule has 0 atom stereocenters. The van der Waals surface area contributed by atoms with E-state index in [1.54, 1.807) is 0 Å². The number of rotatable bonds is 7. The molecule has 0 aliphatic heterocycles. The van der Waals surface area contributed by atoms with Crippen molar-refractivity contribution in [3.8, 4) is 0 Å². The molecule has 0 aliphatic carbocycles. The molecule has 5 heteroatoms. The largest absolute Gasteiger partial charge is 0.356 e. The van der Waals surface area contributed by atoms with Crippen molar-refractivity contribution in [2.24, 2.45) is 10.9 Å². The summed E-state index contributed by atoms with van der Waals surface area (Å²) in [6, 6.07) is 6.04. The van der Waals surface area contributed by atoms with Gasteiger partial charge in [-0.1, -0.05) is 32.8 Å². The van der Waals surface area contributed by atoms with Crippen molar-refractivity contribution in [1.29, 1.82) is 0 Å². The van der Waals surface area contributed by atoms with E-state index < -0.39 is 0 Å². The van der Waals surface area contributed by atoms with Gasteiger partial charge in [-0.25, -0.2) is 4.98 Å². The van der Waals surface area contributed by atoms with Gasteiger partial charge in [0.2, 0.25) is 0 Å². The van der Waals surface area contributed by atoms with Gasteiger partial charge >= 0.3 is 0 Å². The lowest BCUT2D eigenvalue weighted by atomic mass is 10.0. The zero-order valence-corrected chi connectivity index (χ0v) is 13.8. The summed E-state index contributed by atoms with van der Waals surface area (Å²) in [7, 11) is 1.81. The number of pyridine rings is 1. The SMILES string of the molecule is CCC(CC)CNC(=NC)NCCc1cn2ccccc2n1. The van der Waals surface area contributed by atoms with Gasteiger partial charge in [-0.2, -0.15) is 0 Å². The molecule has 2 aromatic rings. The van der Waals surface area contributed by atoms with E-state index in [1.807, 2.05) is 31.4 Å². The molecule has 0 bridgehead atoms. The van der Waals surface area contributed by atoms with Crippen molar-refractivity contribution in [3.63, 3.8) is 0 Å². The highest BCUT2D eigenvalue weighted by Crippen LogP contribution is 2.05. The maximum absolute atomic E-state index is 4.60. The van der Waals surface area contributed by atoms with Crippen molar-refractivity contribution in [1.82, 2.24) is 20.0 Å². The summed E-state index contributed by atoms with van der Waals surface area (Å²) in [4.78, 5) is 8.87. The first-order chi connectivity index (χ1) is 10.8. The van der Waals surface area contributed by atoms with Crippen LogP contribution in [0.2, 0.25) is 0 Å². The highest BCUT2D eigenvalue weighted by atomic mass is 15.2. The number of aromatic nitrogens is 2. The van der Waals surface area contributed by atoms with Crippen LogP contribution < -0.4 is 10.6 Å². The van der Waals surface area contributed by atoms with E-state index >= 15 is 0 Å². The molecule has 0 amide bonds. The summed E-state index contributed by atoms with van der Waals surface area (Å²) in [6.45, 7) is 6.26. The Morgan fingerprint density at radius 3 is 2.77 bits per heavy atom. The van der Waals surface area contributed by atoms with Crippen LogP contribution in [0.5, 0.6) is 0 Å². The van der Waals surface area contributed by atoms with Gasteiger partial charge in [-0.3, -0.25) is 4.99 Å². The van der Waals surface area contributed by atoms with Gasteiger partial charge in [0.05, 0.1) is 5.69 Å². The average molecular weight is 301 g/mol. The monoisotopic (exact) mass is 301 g/mol. The number of fused-ring (bicyclic) bond motifs is 1. The zero-order chi connectivity index (χ0) is 15.8. The highest BCUT2D eigenvalue weighted by Gasteiger charge is 2.05. The summed E-state index contributed by atoms with van der Waals surface area (Å²) in [5, 5.41) is 6.75. The minimum absolute atomic E-state index is 0.706. The molecule has 0 fully saturated rings. The number of guanidine groups is 1. The lowest BCUT2D eigenvalue weighted by molar-refractivity contribution is 0.481. The molecule has 2 aromatic heterocycles. The number of imidazole rings is 1. The minimum Gasteiger partial charge on any atom is -0.356 e. The molecule has 0 saturated heterocycles. The third-order valence-electron chi connectivity index (χ3n) is 4.02. The summed E-state index contributed by atoms with van der Waals surface area (Å²) in [6.07, 6.45) is 7.38. The van der Waals surface area contributed by atoms with Crippen LogP contribution in [0.25, 0.3) is 5.65 Å². The van der Waals surface area contributed by atoms with E-state index in [1.165, 1.54) is 12.8 Å². The number of hydrogen-bond acceptors (Lipinski definition) is 2. The van der Waals surface area contributed by atoms with Crippen molar-refractivity contribution in [2.75, 3.05) is 20.1 Å². The molecule has 120 valence electrons. The molecule has 0 aromatic carbocycles. The first-order valence-corrected chi connectivity index (χ1v) is 8.14. The second-order valence-electron chi connectivity index (χ2n) is 5.51. The van der Waals surface area contributed by atoms with Crippen molar-refractivity contribution < 1.29 is 0 Å². The zero-order valence-electron chi connectivity index (χ0n) is 13.8. The lowest BCUT2D eigenvalue weighted by Gasteiger charge is -2.16. The third-order valence-corrected chi connectivity index (χ3v) is 4.02. The first kappa shape index (κ1) is 16.3. The molecule has 0 aliphatic rings. The molecular weight excluding hydrogens is 274 g/mol. The van der Waals surface area contributed by atoms with E-state index in [0.29, 0.717) is 5.92 Å². The Balaban J connectivity index is 1.78. The van der Waals surface area contributed by atoms with Crippen molar-refractivity contribution in [2.45, 2.75) is 33.1 Å². The third kappa shape index (κ3) is 4.48. The Labute approximate surface area is 132 Å². The van der Waals surface area contributed by atoms with E-state index in [-0.39, 0.29) is 0 Å². The van der Waals surface area contributed by atoms with Crippen LogP contribution >= 0.6 is 0 Å². The van der Waals surface area contributed by atoms with E-state index in [2.05, 4.69) is 45.1 Å². The Hall–Kier alpha value is -2.04. The Bertz CT molecular complexity index is 565. The maximum atomic E-state index is 4.60. The Kier molecular flexibility index (Phi) is 6.25. The standard InChI is InChI=1S/C17H27N5/c1-4-14(5-2)12-20-17(18-3)19-10-9-15-13-22-11-7-6-8-16(22)21-15/h6-8,11,13-14H,4-5,9-10,12H2,1-3H3,(H2,18,19,20). The maximum Gasteiger partial charge on any atom is 0.190 e. The van der Waals surface area contributed by atoms with Gasteiger partial charge in [0.25, 0.3) is 0 Å². The molecule has 0 saturated carbocycles. The predicted molar refractivity (Wildman–Crippen MR) is 92.3 cm³/mol. The number of nitrogens with one attached hydrogen (secondary N) is 2. The molecule has 2 N–H and O–H groups in total. The number of aliphatic imine (C=N–C) groups is 1. The molecular formula is C17H27N5. The minimum atomic E-state index is 0.706. The van der Waals surface area contributed by atoms with Crippen molar-refractivity contribution >= 4 is 11.6 Å². The Morgan fingerprint density at radius 2 is 2.09 bits per heavy atom. The van der Waals surface area contributed by atoms with Gasteiger partial charge < -0.3 is 15.0 Å². The second kappa shape index (κ2) is 8.41. The fraction of sp³-hybridized carbons (Fsp3) is 0.529. The van der Waals surface area contributed by atoms with Crippen LogP contribution in [0.3, 0.4) is 0 Å². The van der Waals surface area contributed by atoms with Crippen LogP contribution in [0, 0.1) is 5.92 Å². The number of hydrogen-bond donors (Lipinski definition) is 2. The van der Waals surface area contributed by atoms with Crippen LogP contribution in [-0.4, -0.2) is 35.5 Å². The van der Waals surface area contributed by atoms with Crippen LogP contribution in [0.1, 0.15) is 32.4 Å². The van der Waals surface area contributed by atoms with Crippen LogP contribution in [0.15, 0.2) is 35.6 Å². The fourth-order valence-corrected chi connectivity index (χ4v) is 2.46. The molecule has 2 rings (SSSR count). The summed E-state index contributed by atoms with van der Waals surface area (Å²) in [5.74, 6) is 1.58. The second-order valence-corrected chi connectivity index (χ2v) is 5.51. The van der Waals surface area contributed by atoms with Gasteiger partial charge in [0.15, 0.2) is 5.96 Å². The molecule has 0 radical (unpaired) electrons. The van der Waals surface area contributed by atoms with E-state index in [4.69, 9.17) is 0 Å². The normalized spacial score (nSPS) is 12.1. The summed E-state index contributed by atoms with van der Waals surface area (Å²) >= 11 is 0. The quantitative estimate of drug-likeness (QED) is 0.610.